The summed E-state index contributed by atoms with van der Waals surface area (Å²) >= 11 is 5.82. The van der Waals surface area contributed by atoms with E-state index in [0.717, 1.165) is 23.3 Å². The van der Waals surface area contributed by atoms with Crippen LogP contribution in [0.3, 0.4) is 0 Å². The van der Waals surface area contributed by atoms with Gasteiger partial charge in [-0.25, -0.2) is 0 Å². The molecule has 0 aliphatic rings. The summed E-state index contributed by atoms with van der Waals surface area (Å²) < 4.78 is 2.32. The predicted molar refractivity (Wildman–Crippen MR) is 81.0 cm³/mol. The number of alkyl halides is 1. The van der Waals surface area contributed by atoms with Crippen LogP contribution in [-0.4, -0.2) is 16.0 Å². The number of aromatic nitrogens is 1. The first-order valence-corrected chi connectivity index (χ1v) is 8.02. The van der Waals surface area contributed by atoms with Gasteiger partial charge in [0.1, 0.15) is 0 Å². The molecule has 0 radical (unpaired) electrons. The summed E-state index contributed by atoms with van der Waals surface area (Å²) in [5.41, 5.74) is 1.11. The van der Waals surface area contributed by atoms with E-state index in [1.807, 2.05) is 18.3 Å². The summed E-state index contributed by atoms with van der Waals surface area (Å²) in [5, 5.41) is 3.42. The highest BCUT2D eigenvalue weighted by Crippen LogP contribution is 2.07. The highest BCUT2D eigenvalue weighted by atomic mass is 127. The number of nitrogens with zero attached hydrogens (tertiary/aromatic N) is 1. The van der Waals surface area contributed by atoms with Crippen LogP contribution in [0.15, 0.2) is 22.8 Å². The average molecular weight is 397 g/mol. The Morgan fingerprint density at radius 1 is 1.19 bits per heavy atom. The van der Waals surface area contributed by atoms with Crippen molar-refractivity contribution in [3.8, 4) is 0 Å². The molecule has 0 amide bonds. The molecule has 0 spiro atoms. The Hall–Kier alpha value is 0.320. The Kier molecular flexibility index (Phi) is 8.41. The highest BCUT2D eigenvalue weighted by Gasteiger charge is 1.94. The van der Waals surface area contributed by atoms with Gasteiger partial charge in [-0.15, -0.1) is 0 Å². The number of unbranched alkanes of at least 4 members (excludes halogenated alkanes) is 3. The molecule has 0 fully saturated rings. The second-order valence-corrected chi connectivity index (χ2v) is 5.74. The van der Waals surface area contributed by atoms with Gasteiger partial charge in [-0.05, 0) is 51.9 Å². The Balaban J connectivity index is 2.01. The number of rotatable bonds is 8. The van der Waals surface area contributed by atoms with Crippen LogP contribution in [0.25, 0.3) is 0 Å². The van der Waals surface area contributed by atoms with Crippen molar-refractivity contribution >= 4 is 38.5 Å². The van der Waals surface area contributed by atoms with Crippen molar-refractivity contribution in [1.82, 2.24) is 10.3 Å². The summed E-state index contributed by atoms with van der Waals surface area (Å²) in [6.45, 7) is 1.97. The molecule has 0 atom stereocenters. The Labute approximate surface area is 120 Å². The van der Waals surface area contributed by atoms with Crippen LogP contribution in [0.2, 0.25) is 0 Å². The maximum Gasteiger partial charge on any atom is 0.0542 e. The van der Waals surface area contributed by atoms with E-state index in [-0.39, 0.29) is 0 Å². The van der Waals surface area contributed by atoms with E-state index < -0.39 is 0 Å². The third-order valence-corrected chi connectivity index (χ3v) is 3.56. The van der Waals surface area contributed by atoms with Crippen molar-refractivity contribution in [3.05, 3.63) is 28.5 Å². The van der Waals surface area contributed by atoms with Gasteiger partial charge >= 0.3 is 0 Å². The minimum Gasteiger partial charge on any atom is -0.311 e. The number of halogens is 2. The molecule has 16 heavy (non-hydrogen) atoms. The van der Waals surface area contributed by atoms with Gasteiger partial charge in [0.25, 0.3) is 0 Å². The first-order chi connectivity index (χ1) is 7.83. The predicted octanol–water partition coefficient (Wildman–Crippen LogP) is 3.93. The molecule has 90 valence electrons. The lowest BCUT2D eigenvalue weighted by atomic mass is 10.2. The monoisotopic (exact) mass is 396 g/mol. The van der Waals surface area contributed by atoms with Crippen LogP contribution >= 0.6 is 38.5 Å². The fourth-order valence-electron chi connectivity index (χ4n) is 1.43. The molecule has 1 N–H and O–H groups in total. The molecule has 0 unspecified atom stereocenters. The summed E-state index contributed by atoms with van der Waals surface area (Å²) in [5.74, 6) is 0. The molecule has 1 heterocycles. The maximum atomic E-state index is 4.32. The second kappa shape index (κ2) is 9.36. The molecular formula is C12H18BrIN2. The summed E-state index contributed by atoms with van der Waals surface area (Å²) in [6.07, 6.45) is 7.17. The Bertz CT molecular complexity index is 277. The SMILES string of the molecule is Brc1ccc(CNCCCCCCI)nc1. The number of hydrogen-bond donors (Lipinski definition) is 1. The molecule has 4 heteroatoms. The van der Waals surface area contributed by atoms with E-state index in [0.29, 0.717) is 0 Å². The van der Waals surface area contributed by atoms with Crippen molar-refractivity contribution in [1.29, 1.82) is 0 Å². The standard InChI is InChI=1S/C12H18BrIN2/c13-11-5-6-12(16-9-11)10-15-8-4-2-1-3-7-14/h5-6,9,15H,1-4,7-8,10H2. The van der Waals surface area contributed by atoms with Crippen LogP contribution in [0.5, 0.6) is 0 Å². The second-order valence-electron chi connectivity index (χ2n) is 3.75. The number of nitrogens with one attached hydrogen (secondary N) is 1. The van der Waals surface area contributed by atoms with Crippen molar-refractivity contribution in [2.45, 2.75) is 32.2 Å². The molecule has 0 aliphatic carbocycles. The first kappa shape index (κ1) is 14.4. The van der Waals surface area contributed by atoms with Crippen molar-refractivity contribution in [2.75, 3.05) is 11.0 Å². The van der Waals surface area contributed by atoms with Crippen LogP contribution in [0.4, 0.5) is 0 Å². The van der Waals surface area contributed by atoms with Crippen molar-refractivity contribution < 1.29 is 0 Å². The molecule has 0 bridgehead atoms. The van der Waals surface area contributed by atoms with Crippen LogP contribution in [0.1, 0.15) is 31.4 Å². The van der Waals surface area contributed by atoms with Gasteiger partial charge in [-0.1, -0.05) is 35.4 Å². The molecule has 0 aliphatic heterocycles. The van der Waals surface area contributed by atoms with Gasteiger partial charge in [0.05, 0.1) is 5.69 Å². The van der Waals surface area contributed by atoms with Crippen LogP contribution < -0.4 is 5.32 Å². The van der Waals surface area contributed by atoms with Gasteiger partial charge in [0, 0.05) is 17.2 Å². The minimum atomic E-state index is 0.875. The van der Waals surface area contributed by atoms with E-state index in [4.69, 9.17) is 0 Å². The van der Waals surface area contributed by atoms with E-state index in [9.17, 15) is 0 Å². The molecule has 1 rings (SSSR count). The Morgan fingerprint density at radius 3 is 2.69 bits per heavy atom. The molecule has 1 aromatic heterocycles. The third-order valence-electron chi connectivity index (χ3n) is 2.33. The maximum absolute atomic E-state index is 4.32. The molecule has 0 saturated carbocycles. The van der Waals surface area contributed by atoms with E-state index in [2.05, 4.69) is 48.8 Å². The number of hydrogen-bond acceptors (Lipinski definition) is 2. The van der Waals surface area contributed by atoms with Crippen molar-refractivity contribution in [3.63, 3.8) is 0 Å². The van der Waals surface area contributed by atoms with Crippen LogP contribution in [0, 0.1) is 0 Å². The van der Waals surface area contributed by atoms with E-state index in [1.54, 1.807) is 0 Å². The lowest BCUT2D eigenvalue weighted by molar-refractivity contribution is 0.596. The molecule has 2 nitrogen and oxygen atoms in total. The van der Waals surface area contributed by atoms with Gasteiger partial charge < -0.3 is 5.32 Å². The summed E-state index contributed by atoms with van der Waals surface area (Å²) in [7, 11) is 0. The van der Waals surface area contributed by atoms with Crippen LogP contribution in [-0.2, 0) is 6.54 Å². The largest absolute Gasteiger partial charge is 0.311 e. The van der Waals surface area contributed by atoms with Gasteiger partial charge in [0.2, 0.25) is 0 Å². The average Bonchev–Trinajstić information content (AvgIpc) is 2.30. The van der Waals surface area contributed by atoms with Gasteiger partial charge in [0.15, 0.2) is 0 Å². The summed E-state index contributed by atoms with van der Waals surface area (Å²) in [6, 6.07) is 4.08. The minimum absolute atomic E-state index is 0.875. The van der Waals surface area contributed by atoms with Gasteiger partial charge in [-0.2, -0.15) is 0 Å². The van der Waals surface area contributed by atoms with E-state index in [1.165, 1.54) is 30.1 Å². The topological polar surface area (TPSA) is 24.9 Å². The zero-order valence-electron chi connectivity index (χ0n) is 9.38. The first-order valence-electron chi connectivity index (χ1n) is 5.70. The smallest absolute Gasteiger partial charge is 0.0542 e. The molecule has 0 saturated heterocycles. The quantitative estimate of drug-likeness (QED) is 0.409. The fourth-order valence-corrected chi connectivity index (χ4v) is 2.20. The highest BCUT2D eigenvalue weighted by molar-refractivity contribution is 14.1. The zero-order chi connectivity index (χ0) is 11.6. The Morgan fingerprint density at radius 2 is 2.00 bits per heavy atom. The van der Waals surface area contributed by atoms with Crippen molar-refractivity contribution in [2.24, 2.45) is 0 Å². The lowest BCUT2D eigenvalue weighted by Crippen LogP contribution is -2.15. The normalized spacial score (nSPS) is 10.6. The molecular weight excluding hydrogens is 379 g/mol. The fraction of sp³-hybridized carbons (Fsp3) is 0.583. The molecule has 1 aromatic rings. The number of pyridine rings is 1. The third kappa shape index (κ3) is 6.81. The van der Waals surface area contributed by atoms with E-state index >= 15 is 0 Å². The van der Waals surface area contributed by atoms with Gasteiger partial charge in [-0.3, -0.25) is 4.98 Å². The molecule has 0 aromatic carbocycles. The zero-order valence-corrected chi connectivity index (χ0v) is 13.1. The lowest BCUT2D eigenvalue weighted by Gasteiger charge is -2.04. The summed E-state index contributed by atoms with van der Waals surface area (Å²) in [4.78, 5) is 4.32.